The van der Waals surface area contributed by atoms with Crippen LogP contribution in [0.5, 0.6) is 0 Å². The molecule has 7 heteroatoms. The lowest BCUT2D eigenvalue weighted by Crippen LogP contribution is -2.39. The Balaban J connectivity index is 1.32. The van der Waals surface area contributed by atoms with Crippen LogP contribution in [0.25, 0.3) is 0 Å². The Labute approximate surface area is 172 Å². The molecule has 1 atom stereocenters. The van der Waals surface area contributed by atoms with Gasteiger partial charge in [0, 0.05) is 18.5 Å². The summed E-state index contributed by atoms with van der Waals surface area (Å²) in [4.78, 5) is 41.1. The third-order valence-corrected chi connectivity index (χ3v) is 5.58. The average Bonchev–Trinajstić information content (AvgIpc) is 3.38. The van der Waals surface area contributed by atoms with E-state index in [2.05, 4.69) is 5.32 Å². The van der Waals surface area contributed by atoms with Gasteiger partial charge in [0.25, 0.3) is 11.8 Å². The Morgan fingerprint density at radius 2 is 1.77 bits per heavy atom. The summed E-state index contributed by atoms with van der Waals surface area (Å²) in [5.41, 5.74) is 3.08. The second-order valence-corrected chi connectivity index (χ2v) is 7.38. The quantitative estimate of drug-likeness (QED) is 0.681. The van der Waals surface area contributed by atoms with Crippen LogP contribution in [0.1, 0.15) is 27.2 Å². The zero-order valence-electron chi connectivity index (χ0n) is 16.1. The number of benzene rings is 2. The van der Waals surface area contributed by atoms with Gasteiger partial charge in [-0.1, -0.05) is 24.3 Å². The van der Waals surface area contributed by atoms with Gasteiger partial charge >= 0.3 is 6.03 Å². The zero-order chi connectivity index (χ0) is 20.7. The molecule has 0 saturated carbocycles. The molecule has 0 aliphatic carbocycles. The summed E-state index contributed by atoms with van der Waals surface area (Å²) in [6.07, 6.45) is 2.07. The van der Waals surface area contributed by atoms with E-state index in [1.54, 1.807) is 47.6 Å². The molecule has 4 amide bonds. The minimum atomic E-state index is -0.483. The number of fused-ring (bicyclic) bond motifs is 2. The van der Waals surface area contributed by atoms with Crippen LogP contribution in [0.15, 0.2) is 71.3 Å². The van der Waals surface area contributed by atoms with Crippen LogP contribution in [0.3, 0.4) is 0 Å². The maximum absolute atomic E-state index is 13.0. The molecule has 1 fully saturated rings. The van der Waals surface area contributed by atoms with Crippen molar-refractivity contribution in [2.24, 2.45) is 0 Å². The van der Waals surface area contributed by atoms with Crippen molar-refractivity contribution >= 4 is 23.5 Å². The lowest BCUT2D eigenvalue weighted by molar-refractivity contribution is -0.120. The molecule has 0 spiro atoms. The summed E-state index contributed by atoms with van der Waals surface area (Å²) in [7, 11) is 0. The first-order valence-electron chi connectivity index (χ1n) is 9.74. The fourth-order valence-electron chi connectivity index (χ4n) is 4.00. The summed E-state index contributed by atoms with van der Waals surface area (Å²) >= 11 is 0. The number of furan rings is 1. The molecule has 5 rings (SSSR count). The second kappa shape index (κ2) is 7.18. The summed E-state index contributed by atoms with van der Waals surface area (Å²) in [6, 6.07) is 17.1. The Hall–Kier alpha value is -3.87. The second-order valence-electron chi connectivity index (χ2n) is 7.38. The number of anilines is 1. The van der Waals surface area contributed by atoms with Gasteiger partial charge in [0.2, 0.25) is 0 Å². The third kappa shape index (κ3) is 3.04. The van der Waals surface area contributed by atoms with Crippen molar-refractivity contribution in [3.8, 4) is 0 Å². The van der Waals surface area contributed by atoms with E-state index in [1.807, 2.05) is 24.3 Å². The van der Waals surface area contributed by atoms with Crippen LogP contribution >= 0.6 is 0 Å². The molecule has 2 aliphatic heterocycles. The summed E-state index contributed by atoms with van der Waals surface area (Å²) in [6.45, 7) is 0.711. The normalized spacial score (nSPS) is 17.7. The number of carbonyl (C=O) groups is 3. The third-order valence-electron chi connectivity index (χ3n) is 5.58. The highest BCUT2D eigenvalue weighted by Crippen LogP contribution is 2.32. The van der Waals surface area contributed by atoms with Crippen LogP contribution in [0.2, 0.25) is 0 Å². The van der Waals surface area contributed by atoms with Gasteiger partial charge in [0.1, 0.15) is 11.8 Å². The monoisotopic (exact) mass is 401 g/mol. The van der Waals surface area contributed by atoms with Crippen LogP contribution in [0.4, 0.5) is 10.5 Å². The summed E-state index contributed by atoms with van der Waals surface area (Å²) < 4.78 is 5.20. The minimum absolute atomic E-state index is 0.232. The highest BCUT2D eigenvalue weighted by molar-refractivity contribution is 6.21. The number of imide groups is 1. The van der Waals surface area contributed by atoms with Gasteiger partial charge in [-0.05, 0) is 47.5 Å². The fraction of sp³-hybridized carbons (Fsp3) is 0.174. The maximum atomic E-state index is 13.0. The Morgan fingerprint density at radius 1 is 1.00 bits per heavy atom. The molecular formula is C23H19N3O4. The van der Waals surface area contributed by atoms with Crippen molar-refractivity contribution in [3.05, 3.63) is 89.4 Å². The van der Waals surface area contributed by atoms with Gasteiger partial charge < -0.3 is 14.6 Å². The van der Waals surface area contributed by atoms with Gasteiger partial charge in [-0.15, -0.1) is 0 Å². The highest BCUT2D eigenvalue weighted by atomic mass is 16.3. The molecule has 0 unspecified atom stereocenters. The van der Waals surface area contributed by atoms with Crippen molar-refractivity contribution in [3.63, 3.8) is 0 Å². The van der Waals surface area contributed by atoms with Crippen molar-refractivity contribution in [2.45, 2.75) is 25.6 Å². The van der Waals surface area contributed by atoms with E-state index < -0.39 is 6.04 Å². The van der Waals surface area contributed by atoms with E-state index in [9.17, 15) is 14.4 Å². The maximum Gasteiger partial charge on any atom is 0.332 e. The van der Waals surface area contributed by atoms with E-state index in [0.29, 0.717) is 30.0 Å². The van der Waals surface area contributed by atoms with Crippen LogP contribution in [0, 0.1) is 0 Å². The van der Waals surface area contributed by atoms with E-state index in [1.165, 1.54) is 4.90 Å². The lowest BCUT2D eigenvalue weighted by atomic mass is 9.95. The standard InChI is InChI=1S/C23H19N3O4/c27-21(24-13-19-6-3-11-30-19)15-7-9-18(10-8-15)26-22(28)20-12-16-4-1-2-5-17(16)14-25(20)23(26)29/h1-11,20H,12-14H2,(H,24,27)/t20-/m0/s1. The van der Waals surface area contributed by atoms with Crippen molar-refractivity contribution in [1.82, 2.24) is 10.2 Å². The Kier molecular flexibility index (Phi) is 4.35. The first-order chi connectivity index (χ1) is 14.6. The molecule has 3 aromatic rings. The van der Waals surface area contributed by atoms with Crippen LogP contribution in [-0.4, -0.2) is 28.8 Å². The predicted octanol–water partition coefficient (Wildman–Crippen LogP) is 3.10. The Bertz CT molecular complexity index is 1080. The molecule has 1 N–H and O–H groups in total. The SMILES string of the molecule is O=C(NCc1ccco1)c1ccc(N2C(=O)[C@@H]3Cc4ccccc4CN3C2=O)cc1. The van der Waals surface area contributed by atoms with Crippen molar-refractivity contribution in [2.75, 3.05) is 4.90 Å². The number of rotatable bonds is 4. The fourth-order valence-corrected chi connectivity index (χ4v) is 4.00. The van der Waals surface area contributed by atoms with Crippen molar-refractivity contribution in [1.29, 1.82) is 0 Å². The van der Waals surface area contributed by atoms with Crippen LogP contribution in [-0.2, 0) is 24.3 Å². The van der Waals surface area contributed by atoms with E-state index >= 15 is 0 Å². The number of carbonyl (C=O) groups excluding carboxylic acids is 3. The molecule has 0 radical (unpaired) electrons. The largest absolute Gasteiger partial charge is 0.467 e. The first-order valence-corrected chi connectivity index (χ1v) is 9.74. The van der Waals surface area contributed by atoms with Gasteiger partial charge in [-0.25, -0.2) is 9.69 Å². The molecule has 2 aliphatic rings. The smallest absolute Gasteiger partial charge is 0.332 e. The van der Waals surface area contributed by atoms with Gasteiger partial charge in [0.15, 0.2) is 0 Å². The number of hydrogen-bond acceptors (Lipinski definition) is 4. The molecule has 150 valence electrons. The molecule has 30 heavy (non-hydrogen) atoms. The lowest BCUT2D eigenvalue weighted by Gasteiger charge is -2.28. The highest BCUT2D eigenvalue weighted by Gasteiger charge is 2.47. The first kappa shape index (κ1) is 18.2. The van der Waals surface area contributed by atoms with Gasteiger partial charge in [-0.3, -0.25) is 9.59 Å². The molecule has 1 aromatic heterocycles. The number of urea groups is 1. The molecule has 1 saturated heterocycles. The minimum Gasteiger partial charge on any atom is -0.467 e. The zero-order valence-corrected chi connectivity index (χ0v) is 16.1. The van der Waals surface area contributed by atoms with E-state index in [4.69, 9.17) is 4.42 Å². The van der Waals surface area contributed by atoms with Crippen molar-refractivity contribution < 1.29 is 18.8 Å². The van der Waals surface area contributed by atoms with Gasteiger partial charge in [0.05, 0.1) is 18.5 Å². The van der Waals surface area contributed by atoms with Gasteiger partial charge in [-0.2, -0.15) is 0 Å². The summed E-state index contributed by atoms with van der Waals surface area (Å²) in [5, 5.41) is 2.77. The van der Waals surface area contributed by atoms with E-state index in [-0.39, 0.29) is 24.4 Å². The van der Waals surface area contributed by atoms with Crippen LogP contribution < -0.4 is 10.2 Å². The number of nitrogens with zero attached hydrogens (tertiary/aromatic N) is 2. The number of amides is 4. The molecule has 7 nitrogen and oxygen atoms in total. The number of hydrogen-bond donors (Lipinski definition) is 1. The molecule has 3 heterocycles. The van der Waals surface area contributed by atoms with E-state index in [0.717, 1.165) is 11.1 Å². The summed E-state index contributed by atoms with van der Waals surface area (Å²) in [5.74, 6) is 0.167. The predicted molar refractivity (Wildman–Crippen MR) is 109 cm³/mol. The number of nitrogens with one attached hydrogen (secondary N) is 1. The molecular weight excluding hydrogens is 382 g/mol. The molecule has 0 bridgehead atoms. The molecule has 2 aromatic carbocycles. The average molecular weight is 401 g/mol. The Morgan fingerprint density at radius 3 is 2.50 bits per heavy atom. The topological polar surface area (TPSA) is 82.9 Å².